The van der Waals surface area contributed by atoms with Crippen molar-refractivity contribution < 1.29 is 65.9 Å². The topological polar surface area (TPSA) is 260 Å². The second-order valence-corrected chi connectivity index (χ2v) is 18.5. The smallest absolute Gasteiger partial charge is 0.329 e. The fraction of sp³-hybridized carbons (Fsp3) is 0.694. The van der Waals surface area contributed by atoms with Gasteiger partial charge in [-0.3, -0.25) is 19.2 Å². The van der Waals surface area contributed by atoms with Gasteiger partial charge in [-0.25, -0.2) is 27.5 Å². The molecular formula is C49H80N6O14S. The Bertz CT molecular complexity index is 1820. The zero-order chi connectivity index (χ0) is 51.1. The van der Waals surface area contributed by atoms with E-state index >= 15 is 0 Å². The first kappa shape index (κ1) is 61.2. The van der Waals surface area contributed by atoms with Crippen LogP contribution in [0.15, 0.2) is 36.7 Å². The van der Waals surface area contributed by atoms with Crippen LogP contribution in [0.25, 0.3) is 0 Å². The molecule has 0 saturated carbocycles. The maximum absolute atomic E-state index is 12.6. The maximum Gasteiger partial charge on any atom is 0.329 e. The van der Waals surface area contributed by atoms with Crippen molar-refractivity contribution in [3.63, 3.8) is 0 Å². The van der Waals surface area contributed by atoms with Crippen molar-refractivity contribution in [2.24, 2.45) is 0 Å². The summed E-state index contributed by atoms with van der Waals surface area (Å²) in [5.41, 5.74) is 0.156. The Hall–Kier alpha value is -4.96. The predicted octanol–water partition coefficient (Wildman–Crippen LogP) is 6.00. The van der Waals surface area contributed by atoms with E-state index in [-0.39, 0.29) is 88.7 Å². The highest BCUT2D eigenvalue weighted by atomic mass is 32.2. The summed E-state index contributed by atoms with van der Waals surface area (Å²) >= 11 is 0. The first-order valence-electron chi connectivity index (χ1n) is 24.8. The molecular weight excluding hydrogens is 929 g/mol. The zero-order valence-corrected chi connectivity index (χ0v) is 42.6. The quantitative estimate of drug-likeness (QED) is 0.0290. The van der Waals surface area contributed by atoms with Crippen molar-refractivity contribution >= 4 is 51.9 Å². The predicted molar refractivity (Wildman–Crippen MR) is 265 cm³/mol. The number of aliphatic carboxylic acids is 1. The Morgan fingerprint density at radius 2 is 1.06 bits per heavy atom. The number of nitrogens with zero attached hydrogens (tertiary/aromatic N) is 3. The number of hydrogen-bond donors (Lipinski definition) is 5. The van der Waals surface area contributed by atoms with Gasteiger partial charge in [0.1, 0.15) is 24.6 Å². The number of carbonyl (C=O) groups excluding carboxylic acids is 4. The van der Waals surface area contributed by atoms with Crippen LogP contribution in [0.5, 0.6) is 5.75 Å². The van der Waals surface area contributed by atoms with Crippen LogP contribution in [-0.4, -0.2) is 138 Å². The zero-order valence-electron chi connectivity index (χ0n) is 41.7. The number of unbranched alkanes of at least 4 members (excludes halogenated alkanes) is 14. The number of anilines is 2. The van der Waals surface area contributed by atoms with Crippen LogP contribution in [0.4, 0.5) is 11.4 Å². The molecule has 0 aliphatic carbocycles. The summed E-state index contributed by atoms with van der Waals surface area (Å²) in [6, 6.07) is 6.74. The third-order valence-corrected chi connectivity index (χ3v) is 11.0. The molecule has 1 aromatic carbocycles. The first-order chi connectivity index (χ1) is 33.7. The molecule has 0 unspecified atom stereocenters. The molecule has 4 N–H and O–H groups in total. The van der Waals surface area contributed by atoms with Gasteiger partial charge in [0, 0.05) is 32.5 Å². The number of amides is 3. The van der Waals surface area contributed by atoms with E-state index in [4.69, 9.17) is 33.5 Å². The van der Waals surface area contributed by atoms with Crippen molar-refractivity contribution in [3.8, 4) is 5.75 Å². The normalized spacial score (nSPS) is 11.3. The van der Waals surface area contributed by atoms with Crippen LogP contribution in [0.1, 0.15) is 147 Å². The molecule has 1 heterocycles. The molecule has 3 amide bonds. The molecule has 0 aliphatic rings. The summed E-state index contributed by atoms with van der Waals surface area (Å²) in [6.45, 7) is 8.06. The summed E-state index contributed by atoms with van der Waals surface area (Å²) in [5.74, 6) is -1.53. The van der Waals surface area contributed by atoms with E-state index in [1.807, 2.05) is 20.8 Å². The molecule has 20 nitrogen and oxygen atoms in total. The lowest BCUT2D eigenvalue weighted by atomic mass is 10.0. The lowest BCUT2D eigenvalue weighted by Crippen LogP contribution is -2.31. The Labute approximate surface area is 416 Å². The SMILES string of the molecule is CC(C)(C)OC(=O)CCCCCCCCCCCCCCCOc1ccc(N(c2cnc(C(=O)NCCCCCC(=O)NCCOCCOCC(=O)NCCOCCOCC(=O)O)nc2)[SH](=O)=O)cc1. The molecule has 2 rings (SSSR count). The number of nitrogens with one attached hydrogen (secondary N) is 3. The van der Waals surface area contributed by atoms with Gasteiger partial charge in [0.15, 0.2) is 0 Å². The second kappa shape index (κ2) is 38.8. The van der Waals surface area contributed by atoms with E-state index in [0.29, 0.717) is 63.2 Å². The van der Waals surface area contributed by atoms with Crippen LogP contribution < -0.4 is 25.0 Å². The second-order valence-electron chi connectivity index (χ2n) is 17.6. The van der Waals surface area contributed by atoms with Gasteiger partial charge in [-0.2, -0.15) is 0 Å². The minimum absolute atomic E-state index is 0.0988. The number of rotatable bonds is 43. The number of benzene rings is 1. The average Bonchev–Trinajstić information content (AvgIpc) is 3.31. The monoisotopic (exact) mass is 1010 g/mol. The number of aromatic nitrogens is 2. The number of esters is 1. The van der Waals surface area contributed by atoms with Gasteiger partial charge in [-0.15, -0.1) is 0 Å². The van der Waals surface area contributed by atoms with Crippen LogP contribution in [0.3, 0.4) is 0 Å². The van der Waals surface area contributed by atoms with Gasteiger partial charge in [0.05, 0.1) is 70.0 Å². The number of hydrogen-bond acceptors (Lipinski definition) is 15. The van der Waals surface area contributed by atoms with Gasteiger partial charge in [0.2, 0.25) is 28.5 Å². The average molecular weight is 1010 g/mol. The number of carboxylic acids is 1. The van der Waals surface area contributed by atoms with Gasteiger partial charge >= 0.3 is 11.9 Å². The van der Waals surface area contributed by atoms with Gasteiger partial charge in [-0.1, -0.05) is 77.0 Å². The summed E-state index contributed by atoms with van der Waals surface area (Å²) in [4.78, 5) is 66.8. The van der Waals surface area contributed by atoms with Crippen LogP contribution in [-0.2, 0) is 53.8 Å². The Morgan fingerprint density at radius 3 is 1.61 bits per heavy atom. The fourth-order valence-corrected chi connectivity index (χ4v) is 7.38. The first-order valence-corrected chi connectivity index (χ1v) is 25.9. The number of carboxylic acid groups (broad SMARTS) is 1. The minimum Gasteiger partial charge on any atom is -0.494 e. The van der Waals surface area contributed by atoms with E-state index in [2.05, 4.69) is 25.9 Å². The molecule has 2 aromatic rings. The van der Waals surface area contributed by atoms with Gasteiger partial charge in [-0.05, 0) is 70.7 Å². The van der Waals surface area contributed by atoms with E-state index in [9.17, 15) is 32.4 Å². The largest absolute Gasteiger partial charge is 0.494 e. The summed E-state index contributed by atoms with van der Waals surface area (Å²) < 4.78 is 57.6. The lowest BCUT2D eigenvalue weighted by Gasteiger charge is -2.19. The van der Waals surface area contributed by atoms with Gasteiger partial charge in [0.25, 0.3) is 5.91 Å². The Morgan fingerprint density at radius 1 is 0.557 bits per heavy atom. The molecule has 70 heavy (non-hydrogen) atoms. The summed E-state index contributed by atoms with van der Waals surface area (Å²) in [5, 5.41) is 16.6. The van der Waals surface area contributed by atoms with E-state index < -0.39 is 28.4 Å². The van der Waals surface area contributed by atoms with Crippen molar-refractivity contribution in [1.82, 2.24) is 25.9 Å². The number of thiol groups is 1. The van der Waals surface area contributed by atoms with E-state index in [0.717, 1.165) is 30.0 Å². The maximum atomic E-state index is 12.6. The Kier molecular flexibility index (Phi) is 33.9. The minimum atomic E-state index is -3.09. The number of ether oxygens (including phenoxy) is 6. The highest BCUT2D eigenvalue weighted by Gasteiger charge is 2.17. The molecule has 0 saturated heterocycles. The summed E-state index contributed by atoms with van der Waals surface area (Å²) in [6.07, 6.45) is 20.5. The van der Waals surface area contributed by atoms with Crippen molar-refractivity contribution in [3.05, 3.63) is 42.5 Å². The van der Waals surface area contributed by atoms with Crippen LogP contribution in [0.2, 0.25) is 0 Å². The molecule has 0 atom stereocenters. The molecule has 21 heteroatoms. The third-order valence-electron chi connectivity index (χ3n) is 10.3. The molecule has 396 valence electrons. The molecule has 0 radical (unpaired) electrons. The highest BCUT2D eigenvalue weighted by Crippen LogP contribution is 2.27. The van der Waals surface area contributed by atoms with E-state index in [1.54, 1.807) is 24.3 Å². The third kappa shape index (κ3) is 32.8. The number of carbonyl (C=O) groups is 5. The standard InChI is InChI=1S/C49H80N6O14S/c1-49(2,3)69-46(60)21-17-13-11-9-7-5-4-6-8-10-12-14-19-29-68-42-24-22-40(23-25-42)55(70(62)63)41-36-53-47(54-37-41)48(61)52-26-18-15-16-20-43(56)50-27-30-64-32-34-66-38-44(57)51-28-31-65-33-35-67-39-45(58)59/h22-25,36-37,70H,4-21,26-35,38-39H2,1-3H3,(H,50,56)(H,51,57)(H,52,61)(H,58,59). The van der Waals surface area contributed by atoms with Gasteiger partial charge < -0.3 is 49.5 Å². The molecule has 0 aliphatic heterocycles. The molecule has 1 aromatic heterocycles. The van der Waals surface area contributed by atoms with Crippen molar-refractivity contribution in [2.75, 3.05) is 83.4 Å². The highest BCUT2D eigenvalue weighted by molar-refractivity contribution is 7.74. The van der Waals surface area contributed by atoms with Crippen LogP contribution in [0, 0.1) is 0 Å². The lowest BCUT2D eigenvalue weighted by molar-refractivity contribution is -0.155. The summed E-state index contributed by atoms with van der Waals surface area (Å²) in [7, 11) is -3.09. The van der Waals surface area contributed by atoms with Crippen LogP contribution >= 0.6 is 0 Å². The molecule has 0 bridgehead atoms. The van der Waals surface area contributed by atoms with Crippen molar-refractivity contribution in [2.45, 2.75) is 142 Å². The van der Waals surface area contributed by atoms with Crippen molar-refractivity contribution in [1.29, 1.82) is 0 Å². The Balaban J connectivity index is 1.47. The molecule has 0 spiro atoms. The fourth-order valence-electron chi connectivity index (χ4n) is 6.76. The van der Waals surface area contributed by atoms with E-state index in [1.165, 1.54) is 70.2 Å². The molecule has 0 fully saturated rings.